The van der Waals surface area contributed by atoms with Crippen molar-refractivity contribution < 1.29 is 14.7 Å². The van der Waals surface area contributed by atoms with Gasteiger partial charge in [-0.1, -0.05) is 89.9 Å². The Labute approximate surface area is 215 Å². The summed E-state index contributed by atoms with van der Waals surface area (Å²) in [5.74, 6) is -1.51. The van der Waals surface area contributed by atoms with E-state index < -0.39 is 17.6 Å². The van der Waals surface area contributed by atoms with E-state index >= 15 is 0 Å². The lowest BCUT2D eigenvalue weighted by Crippen LogP contribution is -2.34. The van der Waals surface area contributed by atoms with Crippen molar-refractivity contribution in [1.29, 1.82) is 0 Å². The van der Waals surface area contributed by atoms with Crippen LogP contribution in [0.5, 0.6) is 0 Å². The molecule has 3 aromatic carbocycles. The molecule has 3 aromatic rings. The predicted molar refractivity (Wildman–Crippen MR) is 139 cm³/mol. The molecule has 35 heavy (non-hydrogen) atoms. The number of aryl methyl sites for hydroxylation is 1. The summed E-state index contributed by atoms with van der Waals surface area (Å²) in [6, 6.07) is 25.3. The van der Waals surface area contributed by atoms with Crippen molar-refractivity contribution in [3.05, 3.63) is 117 Å². The SMILES string of the molecule is O=C(NCCCc1ccc(Cl)c(Cl)c1)C1=C(O)C(=O)N(CC(c2ccccc2)c2ccccc2)C1. The Balaban J connectivity index is 1.37. The molecule has 0 aliphatic carbocycles. The highest BCUT2D eigenvalue weighted by Crippen LogP contribution is 2.28. The van der Waals surface area contributed by atoms with Gasteiger partial charge in [0, 0.05) is 19.0 Å². The summed E-state index contributed by atoms with van der Waals surface area (Å²) >= 11 is 12.0. The van der Waals surface area contributed by atoms with Gasteiger partial charge in [0.05, 0.1) is 22.2 Å². The monoisotopic (exact) mass is 508 g/mol. The smallest absolute Gasteiger partial charge is 0.289 e. The van der Waals surface area contributed by atoms with Gasteiger partial charge in [0.1, 0.15) is 0 Å². The number of nitrogens with one attached hydrogen (secondary N) is 1. The minimum absolute atomic E-state index is 0.0689. The Bertz CT molecular complexity index is 1190. The largest absolute Gasteiger partial charge is 0.503 e. The van der Waals surface area contributed by atoms with Gasteiger partial charge >= 0.3 is 0 Å². The van der Waals surface area contributed by atoms with Gasteiger partial charge < -0.3 is 15.3 Å². The zero-order valence-electron chi connectivity index (χ0n) is 19.1. The van der Waals surface area contributed by atoms with Crippen LogP contribution < -0.4 is 5.32 Å². The van der Waals surface area contributed by atoms with Gasteiger partial charge in [-0.05, 0) is 41.7 Å². The Hall–Kier alpha value is -3.28. The molecule has 0 fully saturated rings. The van der Waals surface area contributed by atoms with E-state index in [1.165, 1.54) is 4.90 Å². The summed E-state index contributed by atoms with van der Waals surface area (Å²) in [4.78, 5) is 27.1. The van der Waals surface area contributed by atoms with Gasteiger partial charge in [-0.25, -0.2) is 0 Å². The maximum Gasteiger partial charge on any atom is 0.289 e. The van der Waals surface area contributed by atoms with Crippen molar-refractivity contribution in [3.8, 4) is 0 Å². The van der Waals surface area contributed by atoms with Crippen molar-refractivity contribution in [1.82, 2.24) is 10.2 Å². The van der Waals surface area contributed by atoms with Crippen LogP contribution >= 0.6 is 23.2 Å². The Morgan fingerprint density at radius 2 is 1.57 bits per heavy atom. The molecule has 7 heteroatoms. The molecule has 0 bridgehead atoms. The number of benzene rings is 3. The standard InChI is InChI=1S/C28H26Cl2N2O3/c29-24-14-13-19(16-25(24)30)8-7-15-31-27(34)23-18-32(28(35)26(23)33)17-22(20-9-3-1-4-10-20)21-11-5-2-6-12-21/h1-6,9-14,16,22,33H,7-8,15,17-18H2,(H,31,34). The molecule has 180 valence electrons. The number of carbonyl (C=O) groups is 2. The van der Waals surface area contributed by atoms with Crippen molar-refractivity contribution in [2.45, 2.75) is 18.8 Å². The lowest BCUT2D eigenvalue weighted by atomic mass is 9.91. The molecule has 0 saturated heterocycles. The zero-order valence-corrected chi connectivity index (χ0v) is 20.6. The second-order valence-electron chi connectivity index (χ2n) is 8.49. The van der Waals surface area contributed by atoms with E-state index in [-0.39, 0.29) is 18.0 Å². The number of hydrogen-bond donors (Lipinski definition) is 2. The lowest BCUT2D eigenvalue weighted by Gasteiger charge is -2.25. The van der Waals surface area contributed by atoms with Crippen molar-refractivity contribution in [3.63, 3.8) is 0 Å². The summed E-state index contributed by atoms with van der Waals surface area (Å²) in [6.45, 7) is 0.825. The first-order valence-corrected chi connectivity index (χ1v) is 12.2. The minimum Gasteiger partial charge on any atom is -0.503 e. The molecule has 0 unspecified atom stereocenters. The summed E-state index contributed by atoms with van der Waals surface area (Å²) in [6.07, 6.45) is 1.39. The van der Waals surface area contributed by atoms with E-state index in [1.54, 1.807) is 6.07 Å². The molecular weight excluding hydrogens is 483 g/mol. The zero-order chi connectivity index (χ0) is 24.8. The van der Waals surface area contributed by atoms with Gasteiger partial charge in [-0.15, -0.1) is 0 Å². The van der Waals surface area contributed by atoms with E-state index in [0.29, 0.717) is 36.0 Å². The number of carbonyl (C=O) groups excluding carboxylic acids is 2. The minimum atomic E-state index is -0.525. The molecule has 2 N–H and O–H groups in total. The Kier molecular flexibility index (Phi) is 8.11. The normalized spacial score (nSPS) is 13.6. The second kappa shape index (κ2) is 11.4. The quantitative estimate of drug-likeness (QED) is 0.373. The number of hydrogen-bond acceptors (Lipinski definition) is 3. The third-order valence-electron chi connectivity index (χ3n) is 6.12. The first-order chi connectivity index (χ1) is 16.9. The molecule has 0 spiro atoms. The molecule has 4 rings (SSSR count). The molecule has 2 amide bonds. The number of aliphatic hydroxyl groups is 1. The Morgan fingerprint density at radius 3 is 2.17 bits per heavy atom. The van der Waals surface area contributed by atoms with Crippen molar-refractivity contribution in [2.24, 2.45) is 0 Å². The van der Waals surface area contributed by atoms with Gasteiger partial charge in [-0.2, -0.15) is 0 Å². The first kappa shape index (κ1) is 24.8. The molecule has 0 radical (unpaired) electrons. The van der Waals surface area contributed by atoms with E-state index in [1.807, 2.05) is 72.8 Å². The highest BCUT2D eigenvalue weighted by atomic mass is 35.5. The van der Waals surface area contributed by atoms with Crippen LogP contribution in [0.1, 0.15) is 29.0 Å². The second-order valence-corrected chi connectivity index (χ2v) is 9.31. The fourth-order valence-electron chi connectivity index (χ4n) is 4.23. The molecular formula is C28H26Cl2N2O3. The molecule has 0 saturated carbocycles. The highest BCUT2D eigenvalue weighted by molar-refractivity contribution is 6.42. The molecule has 1 heterocycles. The third kappa shape index (κ3) is 6.05. The topological polar surface area (TPSA) is 69.6 Å². The van der Waals surface area contributed by atoms with Crippen LogP contribution in [0.15, 0.2) is 90.2 Å². The van der Waals surface area contributed by atoms with E-state index in [9.17, 15) is 14.7 Å². The summed E-state index contributed by atoms with van der Waals surface area (Å²) in [5, 5.41) is 14.3. The Morgan fingerprint density at radius 1 is 0.943 bits per heavy atom. The summed E-state index contributed by atoms with van der Waals surface area (Å²) in [5.41, 5.74) is 3.24. The van der Waals surface area contributed by atoms with Crippen LogP contribution in [0.2, 0.25) is 10.0 Å². The van der Waals surface area contributed by atoms with Crippen LogP contribution in [0.4, 0.5) is 0 Å². The third-order valence-corrected chi connectivity index (χ3v) is 6.86. The number of nitrogens with zero attached hydrogens (tertiary/aromatic N) is 1. The van der Waals surface area contributed by atoms with E-state index in [0.717, 1.165) is 16.7 Å². The maximum atomic E-state index is 12.8. The van der Waals surface area contributed by atoms with Crippen LogP contribution in [0.3, 0.4) is 0 Å². The number of aliphatic hydroxyl groups excluding tert-OH is 1. The number of rotatable bonds is 9. The molecule has 0 atom stereocenters. The maximum absolute atomic E-state index is 12.8. The van der Waals surface area contributed by atoms with Gasteiger partial charge in [-0.3, -0.25) is 9.59 Å². The van der Waals surface area contributed by atoms with Crippen molar-refractivity contribution >= 4 is 35.0 Å². The van der Waals surface area contributed by atoms with Gasteiger partial charge in [0.15, 0.2) is 5.76 Å². The van der Waals surface area contributed by atoms with Crippen molar-refractivity contribution in [2.75, 3.05) is 19.6 Å². The average molecular weight is 509 g/mol. The predicted octanol–water partition coefficient (Wildman–Crippen LogP) is 5.53. The average Bonchev–Trinajstić information content (AvgIpc) is 3.16. The van der Waals surface area contributed by atoms with Crippen LogP contribution in [-0.2, 0) is 16.0 Å². The van der Waals surface area contributed by atoms with Crippen LogP contribution in [-0.4, -0.2) is 41.5 Å². The molecule has 1 aliphatic heterocycles. The number of amides is 2. The first-order valence-electron chi connectivity index (χ1n) is 11.5. The number of halogens is 2. The molecule has 0 aromatic heterocycles. The lowest BCUT2D eigenvalue weighted by molar-refractivity contribution is -0.128. The fourth-order valence-corrected chi connectivity index (χ4v) is 4.55. The van der Waals surface area contributed by atoms with Crippen LogP contribution in [0.25, 0.3) is 0 Å². The van der Waals surface area contributed by atoms with E-state index in [4.69, 9.17) is 23.2 Å². The fraction of sp³-hybridized carbons (Fsp3) is 0.214. The van der Waals surface area contributed by atoms with Crippen LogP contribution in [0, 0.1) is 0 Å². The van der Waals surface area contributed by atoms with Gasteiger partial charge in [0.2, 0.25) is 0 Å². The highest BCUT2D eigenvalue weighted by Gasteiger charge is 2.35. The molecule has 1 aliphatic rings. The van der Waals surface area contributed by atoms with E-state index in [2.05, 4.69) is 5.32 Å². The molecule has 5 nitrogen and oxygen atoms in total. The summed E-state index contributed by atoms with van der Waals surface area (Å²) in [7, 11) is 0. The van der Waals surface area contributed by atoms with Gasteiger partial charge in [0.25, 0.3) is 11.8 Å². The summed E-state index contributed by atoms with van der Waals surface area (Å²) < 4.78 is 0.